The van der Waals surface area contributed by atoms with Crippen molar-refractivity contribution < 1.29 is 19.1 Å². The molecule has 0 radical (unpaired) electrons. The maximum atomic E-state index is 11.8. The molecule has 0 aliphatic rings. The Labute approximate surface area is 169 Å². The van der Waals surface area contributed by atoms with Gasteiger partial charge in [0.05, 0.1) is 6.61 Å². The third-order valence-electron chi connectivity index (χ3n) is 4.06. The Kier molecular flexibility index (Phi) is 10.4. The first-order chi connectivity index (χ1) is 13.2. The van der Waals surface area contributed by atoms with Crippen LogP contribution in [0.2, 0.25) is 0 Å². The van der Waals surface area contributed by atoms with Crippen molar-refractivity contribution >= 4 is 12.0 Å². The summed E-state index contributed by atoms with van der Waals surface area (Å²) in [5.41, 5.74) is 1.71. The number of unbranched alkanes of at least 4 members (excludes halogenated alkanes) is 2. The number of nitrogens with one attached hydrogen (secondary N) is 2. The van der Waals surface area contributed by atoms with Crippen LogP contribution in [0.5, 0.6) is 5.75 Å². The van der Waals surface area contributed by atoms with E-state index in [1.807, 2.05) is 45.9 Å². The number of benzene rings is 1. The summed E-state index contributed by atoms with van der Waals surface area (Å²) >= 11 is 0. The lowest BCUT2D eigenvalue weighted by Gasteiger charge is -2.19. The van der Waals surface area contributed by atoms with Crippen LogP contribution >= 0.6 is 0 Å². The Balaban J connectivity index is 2.29. The third-order valence-corrected chi connectivity index (χ3v) is 4.06. The van der Waals surface area contributed by atoms with Gasteiger partial charge < -0.3 is 20.1 Å². The predicted molar refractivity (Wildman–Crippen MR) is 112 cm³/mol. The first-order valence-corrected chi connectivity index (χ1v) is 10.2. The van der Waals surface area contributed by atoms with E-state index in [4.69, 9.17) is 9.47 Å². The average Bonchev–Trinajstić information content (AvgIpc) is 2.61. The number of aryl methyl sites for hydroxylation is 1. The minimum absolute atomic E-state index is 0.0880. The highest BCUT2D eigenvalue weighted by Gasteiger charge is 2.15. The molecule has 28 heavy (non-hydrogen) atoms. The quantitative estimate of drug-likeness (QED) is 0.544. The molecule has 0 saturated carbocycles. The molecule has 0 aliphatic carbocycles. The molecule has 1 aromatic rings. The van der Waals surface area contributed by atoms with Gasteiger partial charge in [-0.3, -0.25) is 4.79 Å². The normalized spacial score (nSPS) is 11.0. The van der Waals surface area contributed by atoms with Crippen molar-refractivity contribution in [1.82, 2.24) is 10.6 Å². The summed E-state index contributed by atoms with van der Waals surface area (Å²) < 4.78 is 11.0. The maximum Gasteiger partial charge on any atom is 0.407 e. The van der Waals surface area contributed by atoms with Crippen LogP contribution in [0.1, 0.15) is 70.9 Å². The molecule has 6 heteroatoms. The molecule has 158 valence electrons. The summed E-state index contributed by atoms with van der Waals surface area (Å²) in [6.45, 7) is 11.3. The molecule has 0 unspecified atom stereocenters. The van der Waals surface area contributed by atoms with E-state index in [1.165, 1.54) is 0 Å². The molecule has 0 aliphatic heterocycles. The number of carbonyl (C=O) groups excluding carboxylic acids is 2. The van der Waals surface area contributed by atoms with Gasteiger partial charge in [-0.05, 0) is 70.2 Å². The number of hydrogen-bond donors (Lipinski definition) is 2. The van der Waals surface area contributed by atoms with Crippen LogP contribution in [0, 0.1) is 6.92 Å². The second-order valence-electron chi connectivity index (χ2n) is 7.95. The van der Waals surface area contributed by atoms with E-state index in [0.717, 1.165) is 42.6 Å². The number of amides is 2. The second kappa shape index (κ2) is 12.3. The molecule has 0 heterocycles. The Morgan fingerprint density at radius 3 is 2.50 bits per heavy atom. The zero-order chi connectivity index (χ0) is 21.0. The van der Waals surface area contributed by atoms with Crippen LogP contribution in [0.4, 0.5) is 4.79 Å². The third kappa shape index (κ3) is 10.8. The lowest BCUT2D eigenvalue weighted by molar-refractivity contribution is -0.121. The lowest BCUT2D eigenvalue weighted by Crippen LogP contribution is -2.33. The summed E-state index contributed by atoms with van der Waals surface area (Å²) in [7, 11) is 0. The van der Waals surface area contributed by atoms with Crippen LogP contribution in [-0.4, -0.2) is 30.8 Å². The number of carbonyl (C=O) groups is 2. The Morgan fingerprint density at radius 2 is 1.82 bits per heavy atom. The molecule has 2 N–H and O–H groups in total. The van der Waals surface area contributed by atoms with Crippen molar-refractivity contribution in [3.05, 3.63) is 29.3 Å². The summed E-state index contributed by atoms with van der Waals surface area (Å²) in [5, 5.41) is 5.71. The summed E-state index contributed by atoms with van der Waals surface area (Å²) in [6, 6.07) is 5.93. The van der Waals surface area contributed by atoms with E-state index in [1.54, 1.807) is 0 Å². The molecule has 1 aromatic carbocycles. The highest BCUT2D eigenvalue weighted by molar-refractivity contribution is 5.75. The minimum atomic E-state index is -0.480. The molecule has 2 amide bonds. The van der Waals surface area contributed by atoms with Crippen molar-refractivity contribution in [3.63, 3.8) is 0 Å². The van der Waals surface area contributed by atoms with E-state index in [-0.39, 0.29) is 5.91 Å². The van der Waals surface area contributed by atoms with E-state index in [9.17, 15) is 9.59 Å². The van der Waals surface area contributed by atoms with Crippen molar-refractivity contribution in [3.8, 4) is 5.75 Å². The summed E-state index contributed by atoms with van der Waals surface area (Å²) in [5.74, 6) is 0.883. The zero-order valence-electron chi connectivity index (χ0n) is 18.0. The fourth-order valence-electron chi connectivity index (χ4n) is 2.47. The van der Waals surface area contributed by atoms with Crippen molar-refractivity contribution in [1.29, 1.82) is 0 Å². The molecule has 0 atom stereocenters. The van der Waals surface area contributed by atoms with Gasteiger partial charge in [0, 0.05) is 19.5 Å². The standard InChI is InChI=1S/C22H36N2O4/c1-6-7-10-20(25)24-16-18-15-19(12-11-17(18)2)27-14-9-8-13-23-21(26)28-22(3,4)5/h11-12,15H,6-10,13-14,16H2,1-5H3,(H,23,26)(H,24,25). The average molecular weight is 393 g/mol. The molecule has 6 nitrogen and oxygen atoms in total. The smallest absolute Gasteiger partial charge is 0.407 e. The van der Waals surface area contributed by atoms with Gasteiger partial charge in [-0.1, -0.05) is 19.4 Å². The molecule has 0 bridgehead atoms. The van der Waals surface area contributed by atoms with Crippen LogP contribution in [0.25, 0.3) is 0 Å². The number of hydrogen-bond acceptors (Lipinski definition) is 4. The highest BCUT2D eigenvalue weighted by atomic mass is 16.6. The van der Waals surface area contributed by atoms with Gasteiger partial charge in [-0.25, -0.2) is 4.79 Å². The Hall–Kier alpha value is -2.24. The first kappa shape index (κ1) is 23.8. The lowest BCUT2D eigenvalue weighted by atomic mass is 10.1. The molecule has 0 spiro atoms. The van der Waals surface area contributed by atoms with Gasteiger partial charge in [0.25, 0.3) is 0 Å². The van der Waals surface area contributed by atoms with Crippen molar-refractivity contribution in [2.45, 2.75) is 78.9 Å². The molecular formula is C22H36N2O4. The van der Waals surface area contributed by atoms with E-state index < -0.39 is 11.7 Å². The SMILES string of the molecule is CCCCC(=O)NCc1cc(OCCCCNC(=O)OC(C)(C)C)ccc1C. The largest absolute Gasteiger partial charge is 0.494 e. The van der Waals surface area contributed by atoms with Crippen LogP contribution in [0.15, 0.2) is 18.2 Å². The van der Waals surface area contributed by atoms with Gasteiger partial charge in [0.15, 0.2) is 0 Å². The van der Waals surface area contributed by atoms with Crippen LogP contribution < -0.4 is 15.4 Å². The second-order valence-corrected chi connectivity index (χ2v) is 7.95. The van der Waals surface area contributed by atoms with Gasteiger partial charge in [0.2, 0.25) is 5.91 Å². The van der Waals surface area contributed by atoms with Gasteiger partial charge in [0.1, 0.15) is 11.4 Å². The molecule has 0 saturated heterocycles. The predicted octanol–water partition coefficient (Wildman–Crippen LogP) is 4.49. The monoisotopic (exact) mass is 392 g/mol. The van der Waals surface area contributed by atoms with Crippen LogP contribution in [0.3, 0.4) is 0 Å². The number of rotatable bonds is 11. The highest BCUT2D eigenvalue weighted by Crippen LogP contribution is 2.18. The Bertz CT molecular complexity index is 623. The molecule has 0 fully saturated rings. The molecular weight excluding hydrogens is 356 g/mol. The van der Waals surface area contributed by atoms with E-state index in [0.29, 0.717) is 26.1 Å². The minimum Gasteiger partial charge on any atom is -0.494 e. The first-order valence-electron chi connectivity index (χ1n) is 10.2. The van der Waals surface area contributed by atoms with E-state index >= 15 is 0 Å². The van der Waals surface area contributed by atoms with Gasteiger partial charge in [-0.2, -0.15) is 0 Å². The fraction of sp³-hybridized carbons (Fsp3) is 0.636. The summed E-state index contributed by atoms with van der Waals surface area (Å²) in [6.07, 6.45) is 3.75. The van der Waals surface area contributed by atoms with Gasteiger partial charge >= 0.3 is 6.09 Å². The molecule has 0 aromatic heterocycles. The topological polar surface area (TPSA) is 76.7 Å². The number of ether oxygens (including phenoxy) is 2. The van der Waals surface area contributed by atoms with Crippen LogP contribution in [-0.2, 0) is 16.1 Å². The van der Waals surface area contributed by atoms with E-state index in [2.05, 4.69) is 17.6 Å². The summed E-state index contributed by atoms with van der Waals surface area (Å²) in [4.78, 5) is 23.3. The fourth-order valence-corrected chi connectivity index (χ4v) is 2.47. The maximum absolute atomic E-state index is 11.8. The zero-order valence-corrected chi connectivity index (χ0v) is 18.0. The number of alkyl carbamates (subject to hydrolysis) is 1. The molecule has 1 rings (SSSR count). The van der Waals surface area contributed by atoms with Crippen molar-refractivity contribution in [2.24, 2.45) is 0 Å². The van der Waals surface area contributed by atoms with Crippen molar-refractivity contribution in [2.75, 3.05) is 13.2 Å². The van der Waals surface area contributed by atoms with Gasteiger partial charge in [-0.15, -0.1) is 0 Å². The Morgan fingerprint density at radius 1 is 1.07 bits per heavy atom.